The molecule has 1 heterocycles. The molecule has 0 spiro atoms. The summed E-state index contributed by atoms with van der Waals surface area (Å²) < 4.78 is 35.6. The van der Waals surface area contributed by atoms with Crippen molar-refractivity contribution in [2.24, 2.45) is 7.05 Å². The van der Waals surface area contributed by atoms with Crippen LogP contribution in [0, 0.1) is 20.8 Å². The lowest BCUT2D eigenvalue weighted by Crippen LogP contribution is -2.45. The van der Waals surface area contributed by atoms with Crippen molar-refractivity contribution in [3.05, 3.63) is 52.8 Å². The molecule has 1 aromatic carbocycles. The average Bonchev–Trinajstić information content (AvgIpc) is 3.43. The zero-order valence-corrected chi connectivity index (χ0v) is 19.9. The molecule has 1 aliphatic rings. The second-order valence-electron chi connectivity index (χ2n) is 8.42. The molecule has 0 saturated heterocycles. The predicted octanol–water partition coefficient (Wildman–Crippen LogP) is 2.78. The molecule has 1 fully saturated rings. The van der Waals surface area contributed by atoms with E-state index in [4.69, 9.17) is 4.74 Å². The van der Waals surface area contributed by atoms with Crippen molar-refractivity contribution in [1.29, 1.82) is 0 Å². The minimum absolute atomic E-state index is 0.125. The first-order chi connectivity index (χ1) is 14.6. The van der Waals surface area contributed by atoms with E-state index in [0.717, 1.165) is 24.1 Å². The Kier molecular flexibility index (Phi) is 7.24. The van der Waals surface area contributed by atoms with Gasteiger partial charge in [0.15, 0.2) is 0 Å². The van der Waals surface area contributed by atoms with Crippen molar-refractivity contribution in [1.82, 2.24) is 13.8 Å². The predicted molar refractivity (Wildman–Crippen MR) is 120 cm³/mol. The van der Waals surface area contributed by atoms with Gasteiger partial charge in [-0.3, -0.25) is 4.79 Å². The summed E-state index contributed by atoms with van der Waals surface area (Å²) in [5.41, 5.74) is 3.41. The van der Waals surface area contributed by atoms with Crippen LogP contribution in [0.25, 0.3) is 0 Å². The molecule has 3 rings (SSSR count). The maximum Gasteiger partial charge on any atom is 0.244 e. The van der Waals surface area contributed by atoms with E-state index in [2.05, 4.69) is 0 Å². The monoisotopic (exact) mass is 447 g/mol. The smallest absolute Gasteiger partial charge is 0.244 e. The first kappa shape index (κ1) is 23.5. The number of ether oxygens (including phenoxy) is 1. The van der Waals surface area contributed by atoms with E-state index in [1.807, 2.05) is 53.9 Å². The van der Waals surface area contributed by atoms with Crippen molar-refractivity contribution in [3.63, 3.8) is 0 Å². The summed E-state index contributed by atoms with van der Waals surface area (Å²) in [5, 5.41) is 0. The van der Waals surface area contributed by atoms with Crippen LogP contribution in [0.4, 0.5) is 0 Å². The molecule has 7 nitrogen and oxygen atoms in total. The van der Waals surface area contributed by atoms with E-state index < -0.39 is 10.0 Å². The highest BCUT2D eigenvalue weighted by Gasteiger charge is 2.36. The summed E-state index contributed by atoms with van der Waals surface area (Å²) in [6.45, 7) is 6.18. The van der Waals surface area contributed by atoms with Crippen LogP contribution in [0.3, 0.4) is 0 Å². The highest BCUT2D eigenvalue weighted by Crippen LogP contribution is 2.30. The summed E-state index contributed by atoms with van der Waals surface area (Å²) in [5.74, 6) is -0.175. The van der Waals surface area contributed by atoms with Gasteiger partial charge in [-0.2, -0.15) is 4.31 Å². The maximum atomic E-state index is 13.6. The molecule has 0 bridgehead atoms. The van der Waals surface area contributed by atoms with Gasteiger partial charge in [-0.15, -0.1) is 0 Å². The van der Waals surface area contributed by atoms with Gasteiger partial charge in [0.05, 0.1) is 24.6 Å². The number of carbonyl (C=O) groups is 1. The number of aryl methyl sites for hydroxylation is 4. The maximum absolute atomic E-state index is 13.6. The Balaban J connectivity index is 1.88. The standard InChI is InChI=1S/C23H33N3O4S/c1-17-13-18(2)23(19(3)14-17)31(28,29)25(11-12-30-5)16-22(27)26(20-8-9-20)15-21-7-6-10-24(21)4/h6-7,10,13-14,20H,8-9,11-12,15-16H2,1-5H3. The molecule has 1 aromatic heterocycles. The van der Waals surface area contributed by atoms with E-state index in [0.29, 0.717) is 17.7 Å². The lowest BCUT2D eigenvalue weighted by atomic mass is 10.1. The largest absolute Gasteiger partial charge is 0.383 e. The molecule has 0 unspecified atom stereocenters. The van der Waals surface area contributed by atoms with Gasteiger partial charge in [-0.25, -0.2) is 8.42 Å². The van der Waals surface area contributed by atoms with Crippen LogP contribution in [0.15, 0.2) is 35.4 Å². The van der Waals surface area contributed by atoms with Crippen molar-refractivity contribution < 1.29 is 17.9 Å². The molecule has 1 amide bonds. The van der Waals surface area contributed by atoms with Crippen molar-refractivity contribution in [2.75, 3.05) is 26.8 Å². The van der Waals surface area contributed by atoms with Crippen LogP contribution in [0.5, 0.6) is 0 Å². The van der Waals surface area contributed by atoms with E-state index in [-0.39, 0.29) is 36.5 Å². The molecule has 0 radical (unpaired) electrons. The summed E-state index contributed by atoms with van der Waals surface area (Å²) in [6.07, 6.45) is 3.86. The number of rotatable bonds is 10. The number of methoxy groups -OCH3 is 1. The second kappa shape index (κ2) is 9.54. The Morgan fingerprint density at radius 1 is 1.19 bits per heavy atom. The van der Waals surface area contributed by atoms with Gasteiger partial charge in [0.25, 0.3) is 0 Å². The van der Waals surface area contributed by atoms with Crippen molar-refractivity contribution >= 4 is 15.9 Å². The van der Waals surface area contributed by atoms with Gasteiger partial charge in [0.1, 0.15) is 0 Å². The fraction of sp³-hybridized carbons (Fsp3) is 0.522. The fourth-order valence-corrected chi connectivity index (χ4v) is 5.85. The molecule has 31 heavy (non-hydrogen) atoms. The Labute approximate surface area is 185 Å². The third-order valence-electron chi connectivity index (χ3n) is 5.75. The number of hydrogen-bond acceptors (Lipinski definition) is 4. The highest BCUT2D eigenvalue weighted by atomic mass is 32.2. The summed E-state index contributed by atoms with van der Waals surface area (Å²) in [4.78, 5) is 15.4. The van der Waals surface area contributed by atoms with Crippen LogP contribution < -0.4 is 0 Å². The highest BCUT2D eigenvalue weighted by molar-refractivity contribution is 7.89. The number of nitrogens with zero attached hydrogens (tertiary/aromatic N) is 3. The van der Waals surface area contributed by atoms with Crippen LogP contribution in [0.1, 0.15) is 35.2 Å². The van der Waals surface area contributed by atoms with Gasteiger partial charge in [-0.1, -0.05) is 17.7 Å². The van der Waals surface area contributed by atoms with E-state index in [9.17, 15) is 13.2 Å². The van der Waals surface area contributed by atoms with Crippen molar-refractivity contribution in [2.45, 2.75) is 51.1 Å². The third kappa shape index (κ3) is 5.37. The Hall–Kier alpha value is -2.16. The Morgan fingerprint density at radius 2 is 1.84 bits per heavy atom. The normalized spacial score (nSPS) is 14.3. The minimum atomic E-state index is -3.85. The molecule has 8 heteroatoms. The van der Waals surface area contributed by atoms with E-state index in [1.54, 1.807) is 13.8 Å². The summed E-state index contributed by atoms with van der Waals surface area (Å²) in [6, 6.07) is 7.84. The number of aromatic nitrogens is 1. The Bertz CT molecular complexity index is 1020. The Morgan fingerprint density at radius 3 is 2.35 bits per heavy atom. The molecule has 1 saturated carbocycles. The lowest BCUT2D eigenvalue weighted by molar-refractivity contribution is -0.132. The van der Waals surface area contributed by atoms with Gasteiger partial charge in [0, 0.05) is 38.6 Å². The number of hydrogen-bond donors (Lipinski definition) is 0. The summed E-state index contributed by atoms with van der Waals surface area (Å²) in [7, 11) is -0.379. The van der Waals surface area contributed by atoms with Gasteiger partial charge in [0.2, 0.25) is 15.9 Å². The average molecular weight is 448 g/mol. The summed E-state index contributed by atoms with van der Waals surface area (Å²) >= 11 is 0. The molecule has 2 aromatic rings. The molecular weight excluding hydrogens is 414 g/mol. The molecule has 1 aliphatic carbocycles. The number of benzene rings is 1. The number of amides is 1. The van der Waals surface area contributed by atoms with Crippen molar-refractivity contribution in [3.8, 4) is 0 Å². The van der Waals surface area contributed by atoms with Gasteiger partial charge in [-0.05, 0) is 56.9 Å². The second-order valence-corrected chi connectivity index (χ2v) is 10.3. The molecule has 0 N–H and O–H groups in total. The fourth-order valence-electron chi connectivity index (χ4n) is 4.06. The first-order valence-corrected chi connectivity index (χ1v) is 12.1. The SMILES string of the molecule is COCCN(CC(=O)N(Cc1cccn1C)C1CC1)S(=O)(=O)c1c(C)cc(C)cc1C. The topological polar surface area (TPSA) is 71.8 Å². The zero-order chi connectivity index (χ0) is 22.8. The molecule has 0 atom stereocenters. The van der Waals surface area contributed by atoms with Gasteiger partial charge >= 0.3 is 0 Å². The minimum Gasteiger partial charge on any atom is -0.383 e. The van der Waals surface area contributed by atoms with Crippen LogP contribution in [0.2, 0.25) is 0 Å². The van der Waals surface area contributed by atoms with Crippen LogP contribution >= 0.6 is 0 Å². The first-order valence-electron chi connectivity index (χ1n) is 10.6. The lowest BCUT2D eigenvalue weighted by Gasteiger charge is -2.28. The number of carbonyl (C=O) groups excluding carboxylic acids is 1. The zero-order valence-electron chi connectivity index (χ0n) is 19.1. The van der Waals surface area contributed by atoms with Gasteiger partial charge < -0.3 is 14.2 Å². The molecular formula is C23H33N3O4S. The van der Waals surface area contributed by atoms with Crippen LogP contribution in [-0.2, 0) is 33.1 Å². The quantitative estimate of drug-likeness (QED) is 0.562. The van der Waals surface area contributed by atoms with E-state index in [1.165, 1.54) is 11.4 Å². The van der Waals surface area contributed by atoms with Crippen LogP contribution in [-0.4, -0.2) is 60.9 Å². The van der Waals surface area contributed by atoms with E-state index >= 15 is 0 Å². The molecule has 170 valence electrons. The number of sulfonamides is 1. The third-order valence-corrected chi connectivity index (χ3v) is 7.90. The molecule has 0 aliphatic heterocycles.